The molecule has 51 heavy (non-hydrogen) atoms. The van der Waals surface area contributed by atoms with Gasteiger partial charge < -0.3 is 21.3 Å². The van der Waals surface area contributed by atoms with Crippen LogP contribution in [-0.4, -0.2) is 51.6 Å². The van der Waals surface area contributed by atoms with Gasteiger partial charge in [-0.1, -0.05) is 78.2 Å². The van der Waals surface area contributed by atoms with E-state index >= 15 is 0 Å². The van der Waals surface area contributed by atoms with Gasteiger partial charge in [-0.05, 0) is 93.0 Å². The molecule has 2 aliphatic carbocycles. The molecule has 0 atom stereocenters. The van der Waals surface area contributed by atoms with Gasteiger partial charge in [0.1, 0.15) is 0 Å². The van der Waals surface area contributed by atoms with Crippen LogP contribution in [0.25, 0.3) is 10.2 Å². The predicted octanol–water partition coefficient (Wildman–Crippen LogP) is 7.85. The minimum atomic E-state index is -0.735. The van der Waals surface area contributed by atoms with E-state index in [1.54, 1.807) is 0 Å². The maximum atomic E-state index is 12.8. The summed E-state index contributed by atoms with van der Waals surface area (Å²) >= 11 is 7.42. The summed E-state index contributed by atoms with van der Waals surface area (Å²) in [5.74, 6) is -0.104. The Bertz CT molecular complexity index is 1820. The number of carbonyl (C=O) groups is 4. The summed E-state index contributed by atoms with van der Waals surface area (Å²) in [7, 11) is 0. The van der Waals surface area contributed by atoms with Gasteiger partial charge in [-0.3, -0.25) is 10.1 Å². The molecule has 0 radical (unpaired) electrons. The number of aromatic nitrogens is 1. The first-order valence-corrected chi connectivity index (χ1v) is 17.6. The Morgan fingerprint density at radius 3 is 2.20 bits per heavy atom. The molecule has 1 saturated carbocycles. The number of para-hydroxylation sites is 2. The first kappa shape index (κ1) is 38.3. The lowest BCUT2D eigenvalue weighted by atomic mass is 10.1. The Morgan fingerprint density at radius 1 is 0.922 bits per heavy atom. The Kier molecular flexibility index (Phi) is 14.7. The van der Waals surface area contributed by atoms with Crippen LogP contribution in [-0.2, 0) is 11.3 Å². The molecule has 2 aliphatic rings. The Labute approximate surface area is 305 Å². The molecule has 6 rings (SSSR count). The van der Waals surface area contributed by atoms with Crippen molar-refractivity contribution < 1.29 is 19.2 Å². The number of urea groups is 3. The molecule has 1 heterocycles. The van der Waals surface area contributed by atoms with Crippen LogP contribution >= 0.6 is 22.9 Å². The average Bonchev–Trinajstić information content (AvgIpc) is 3.79. The highest BCUT2D eigenvalue weighted by Crippen LogP contribution is 2.27. The third kappa shape index (κ3) is 13.4. The molecule has 6 N–H and O–H groups in total. The number of amides is 6. The zero-order valence-electron chi connectivity index (χ0n) is 28.3. The van der Waals surface area contributed by atoms with Crippen molar-refractivity contribution in [1.82, 2.24) is 20.6 Å². The number of thiazole rings is 1. The number of nitrogens with one attached hydrogen (secondary N) is 4. The van der Waals surface area contributed by atoms with Crippen LogP contribution in [0.5, 0.6) is 0 Å². The second-order valence-electron chi connectivity index (χ2n) is 11.8. The number of primary amides is 1. The summed E-state index contributed by atoms with van der Waals surface area (Å²) in [5, 5.41) is 13.4. The smallest absolute Gasteiger partial charge is 0.332 e. The molecule has 12 nitrogen and oxygen atoms in total. The summed E-state index contributed by atoms with van der Waals surface area (Å²) in [6, 6.07) is 24.6. The largest absolute Gasteiger partial charge is 0.350 e. The molecule has 1 aromatic heterocycles. The van der Waals surface area contributed by atoms with Crippen LogP contribution in [0.2, 0.25) is 5.02 Å². The van der Waals surface area contributed by atoms with Gasteiger partial charge in [0.2, 0.25) is 0 Å². The van der Waals surface area contributed by atoms with Crippen molar-refractivity contribution in [1.29, 1.82) is 0 Å². The van der Waals surface area contributed by atoms with Gasteiger partial charge in [0.25, 0.3) is 0 Å². The van der Waals surface area contributed by atoms with Crippen molar-refractivity contribution in [2.45, 2.75) is 58.2 Å². The Hall–Kier alpha value is -5.53. The minimum absolute atomic E-state index is 0.0296. The zero-order chi connectivity index (χ0) is 36.6. The second kappa shape index (κ2) is 19.6. The molecule has 0 bridgehead atoms. The number of carbonyl (C=O) groups excluding carboxylic acids is 4. The predicted molar refractivity (Wildman–Crippen MR) is 205 cm³/mol. The highest BCUT2D eigenvalue weighted by molar-refractivity contribution is 7.22. The minimum Gasteiger partial charge on any atom is -0.350 e. The van der Waals surface area contributed by atoms with Gasteiger partial charge in [-0.15, -0.1) is 0 Å². The van der Waals surface area contributed by atoms with Crippen molar-refractivity contribution in [3.8, 4) is 0 Å². The van der Waals surface area contributed by atoms with Crippen LogP contribution < -0.4 is 27.1 Å². The number of hydrazone groups is 1. The van der Waals surface area contributed by atoms with Crippen LogP contribution in [0, 0.1) is 0 Å². The summed E-state index contributed by atoms with van der Waals surface area (Å²) in [6.07, 6.45) is 10.2. The van der Waals surface area contributed by atoms with Gasteiger partial charge >= 0.3 is 18.1 Å². The van der Waals surface area contributed by atoms with E-state index in [0.717, 1.165) is 39.3 Å². The van der Waals surface area contributed by atoms with Gasteiger partial charge in [0, 0.05) is 29.3 Å². The molecule has 0 aliphatic heterocycles. The highest BCUT2D eigenvalue weighted by atomic mass is 35.5. The standard InChI is InChI=1S/C19H21ClN2O.C11H13N3OS.C7H7N3O2/c20-16-12-10-15(11-13-16)14-22(18-8-4-5-9-18)19(23)21-17-6-2-1-3-7-17;1-7(2)12-10(15)14-11-13-8-5-3-4-6-9(8)16-11;8-7(12)10-9-5-1-3-6(11)4-2-5/h1-3,6-7,10-13,18H,4-5,8-9,14H2,(H,21,23);3-7H,1-2H3,(H2,12,13,14,15);1-4H,(H3,8,10,12). The van der Waals surface area contributed by atoms with E-state index in [9.17, 15) is 19.2 Å². The number of nitrogens with zero attached hydrogens (tertiary/aromatic N) is 3. The van der Waals surface area contributed by atoms with E-state index < -0.39 is 6.03 Å². The maximum Gasteiger partial charge on any atom is 0.332 e. The van der Waals surface area contributed by atoms with Crippen LogP contribution in [0.3, 0.4) is 0 Å². The fourth-order valence-corrected chi connectivity index (χ4v) is 6.03. The lowest BCUT2D eigenvalue weighted by Crippen LogP contribution is -2.41. The Balaban J connectivity index is 0.000000182. The summed E-state index contributed by atoms with van der Waals surface area (Å²) in [4.78, 5) is 51.3. The molecule has 0 unspecified atom stereocenters. The number of nitrogens with two attached hydrogens (primary N) is 1. The SMILES string of the molecule is CC(C)NC(=O)Nc1nc2ccccc2s1.NC(=O)NN=C1C=CC(=O)C=C1.O=C(Nc1ccccc1)N(Cc1ccc(Cl)cc1)C1CCCC1. The zero-order valence-corrected chi connectivity index (χ0v) is 29.9. The maximum absolute atomic E-state index is 12.8. The van der Waals surface area contributed by atoms with Crippen molar-refractivity contribution >= 4 is 73.6 Å². The van der Waals surface area contributed by atoms with Crippen LogP contribution in [0.1, 0.15) is 45.1 Å². The molecule has 1 fully saturated rings. The van der Waals surface area contributed by atoms with E-state index in [-0.39, 0.29) is 23.9 Å². The topological polar surface area (TPSA) is 171 Å². The average molecular weight is 729 g/mol. The molecule has 4 aromatic rings. The molecule has 14 heteroatoms. The molecule has 266 valence electrons. The Morgan fingerprint density at radius 2 is 1.57 bits per heavy atom. The molecule has 6 amide bonds. The first-order chi connectivity index (χ1) is 24.5. The van der Waals surface area contributed by atoms with Crippen molar-refractivity contribution in [2.75, 3.05) is 10.6 Å². The van der Waals surface area contributed by atoms with E-state index in [0.29, 0.717) is 23.4 Å². The molecule has 0 spiro atoms. The van der Waals surface area contributed by atoms with Crippen LogP contribution in [0.15, 0.2) is 108 Å². The number of halogens is 1. The second-order valence-corrected chi connectivity index (χ2v) is 13.3. The lowest BCUT2D eigenvalue weighted by Gasteiger charge is -2.29. The summed E-state index contributed by atoms with van der Waals surface area (Å²) in [5.41, 5.74) is 10.1. The van der Waals surface area contributed by atoms with E-state index in [1.165, 1.54) is 48.5 Å². The van der Waals surface area contributed by atoms with E-state index in [4.69, 9.17) is 17.3 Å². The number of benzene rings is 3. The number of ketones is 1. The molecular weight excluding hydrogens is 688 g/mol. The van der Waals surface area contributed by atoms with E-state index in [2.05, 4.69) is 26.0 Å². The third-order valence-electron chi connectivity index (χ3n) is 7.38. The first-order valence-electron chi connectivity index (χ1n) is 16.4. The quantitative estimate of drug-likeness (QED) is 0.0962. The monoisotopic (exact) mass is 728 g/mol. The number of rotatable bonds is 7. The fourth-order valence-electron chi connectivity index (χ4n) is 5.05. The summed E-state index contributed by atoms with van der Waals surface area (Å²) in [6.45, 7) is 4.44. The van der Waals surface area contributed by atoms with Gasteiger partial charge in [-0.25, -0.2) is 24.8 Å². The highest BCUT2D eigenvalue weighted by Gasteiger charge is 2.27. The third-order valence-corrected chi connectivity index (χ3v) is 8.59. The van der Waals surface area contributed by atoms with Gasteiger partial charge in [-0.2, -0.15) is 5.10 Å². The number of allylic oxidation sites excluding steroid dienone is 4. The summed E-state index contributed by atoms with van der Waals surface area (Å²) < 4.78 is 1.07. The number of anilines is 2. The van der Waals surface area contributed by atoms with E-state index in [1.807, 2.05) is 103 Å². The number of hydrogen-bond acceptors (Lipinski definition) is 7. The van der Waals surface area contributed by atoms with Gasteiger partial charge in [0.05, 0.1) is 15.9 Å². The molecule has 3 aromatic carbocycles. The number of fused-ring (bicyclic) bond motifs is 1. The van der Waals surface area contributed by atoms with Crippen molar-refractivity contribution in [3.05, 3.63) is 114 Å². The fraction of sp³-hybridized carbons (Fsp3) is 0.243. The molecular formula is C37H41ClN8O4S. The van der Waals surface area contributed by atoms with Gasteiger partial charge in [0.15, 0.2) is 10.9 Å². The normalized spacial score (nSPS) is 13.4. The number of hydrogen-bond donors (Lipinski definition) is 5. The van der Waals surface area contributed by atoms with Crippen molar-refractivity contribution in [3.63, 3.8) is 0 Å². The lowest BCUT2D eigenvalue weighted by molar-refractivity contribution is -0.110. The molecule has 0 saturated heterocycles. The van der Waals surface area contributed by atoms with Crippen molar-refractivity contribution in [2.24, 2.45) is 10.8 Å². The van der Waals surface area contributed by atoms with Crippen LogP contribution in [0.4, 0.5) is 25.2 Å².